The van der Waals surface area contributed by atoms with E-state index in [2.05, 4.69) is 38.6 Å². The SMILES string of the molecule is CC1(C2=CC(C(=O)N3CCCCCN3)=N/C(=C/C(=N)Br)N2)CC1. The summed E-state index contributed by atoms with van der Waals surface area (Å²) in [7, 11) is 0. The molecular weight excluding hydrogens is 358 g/mol. The van der Waals surface area contributed by atoms with Crippen LogP contribution in [0.3, 0.4) is 0 Å². The highest BCUT2D eigenvalue weighted by atomic mass is 79.9. The summed E-state index contributed by atoms with van der Waals surface area (Å²) in [5, 5.41) is 12.5. The molecule has 7 heteroatoms. The summed E-state index contributed by atoms with van der Waals surface area (Å²) < 4.78 is 0.227. The molecule has 2 aliphatic heterocycles. The number of amides is 1. The monoisotopic (exact) mass is 379 g/mol. The number of carbonyl (C=O) groups is 1. The number of rotatable bonds is 3. The summed E-state index contributed by atoms with van der Waals surface area (Å²) in [6, 6.07) is 0. The molecule has 23 heavy (non-hydrogen) atoms. The molecule has 3 aliphatic rings. The van der Waals surface area contributed by atoms with Crippen LogP contribution in [0, 0.1) is 10.8 Å². The molecule has 0 aromatic rings. The van der Waals surface area contributed by atoms with Gasteiger partial charge in [0.25, 0.3) is 5.91 Å². The second-order valence-electron chi connectivity index (χ2n) is 6.54. The number of nitrogens with zero attached hydrogens (tertiary/aromatic N) is 2. The van der Waals surface area contributed by atoms with Gasteiger partial charge in [0.1, 0.15) is 16.2 Å². The van der Waals surface area contributed by atoms with Crippen LogP contribution in [0.25, 0.3) is 0 Å². The van der Waals surface area contributed by atoms with E-state index < -0.39 is 0 Å². The van der Waals surface area contributed by atoms with E-state index in [1.807, 2.05) is 6.08 Å². The van der Waals surface area contributed by atoms with Gasteiger partial charge < -0.3 is 5.32 Å². The first-order valence-electron chi connectivity index (χ1n) is 8.07. The highest BCUT2D eigenvalue weighted by molar-refractivity contribution is 9.18. The van der Waals surface area contributed by atoms with Crippen LogP contribution in [-0.2, 0) is 4.79 Å². The number of allylic oxidation sites excluding steroid dienone is 2. The lowest BCUT2D eigenvalue weighted by molar-refractivity contribution is -0.126. The lowest BCUT2D eigenvalue weighted by Crippen LogP contribution is -2.46. The van der Waals surface area contributed by atoms with Crippen LogP contribution in [0.5, 0.6) is 0 Å². The fraction of sp³-hybridized carbons (Fsp3) is 0.562. The molecule has 3 N–H and O–H groups in total. The normalized spacial score (nSPS) is 25.1. The molecule has 1 saturated carbocycles. The predicted octanol–water partition coefficient (Wildman–Crippen LogP) is 2.45. The molecular formula is C16H22BrN5O. The maximum atomic E-state index is 12.8. The minimum absolute atomic E-state index is 0.0952. The van der Waals surface area contributed by atoms with E-state index in [0.717, 1.165) is 44.3 Å². The molecule has 1 aliphatic carbocycles. The fourth-order valence-corrected chi connectivity index (χ4v) is 2.97. The molecule has 0 aromatic carbocycles. The van der Waals surface area contributed by atoms with Gasteiger partial charge in [0, 0.05) is 30.3 Å². The Morgan fingerprint density at radius 2 is 2.22 bits per heavy atom. The third-order valence-corrected chi connectivity index (χ3v) is 4.75. The van der Waals surface area contributed by atoms with E-state index in [4.69, 9.17) is 5.41 Å². The molecule has 124 valence electrons. The highest BCUT2D eigenvalue weighted by Crippen LogP contribution is 2.51. The Bertz CT molecular complexity index is 610. The quantitative estimate of drug-likeness (QED) is 0.658. The van der Waals surface area contributed by atoms with Gasteiger partial charge in [-0.2, -0.15) is 0 Å². The standard InChI is InChI=1S/C16H22BrN5O/c1-16(5-6-16)12-9-11(20-14(21-12)10-13(17)18)15(23)22-8-4-2-3-7-19-22/h9-10,18-19,21H,2-8H2,1H3/b14-10-,18-13?. The molecule has 0 bridgehead atoms. The van der Waals surface area contributed by atoms with Gasteiger partial charge in [-0.25, -0.2) is 10.4 Å². The van der Waals surface area contributed by atoms with Crippen LogP contribution in [0.2, 0.25) is 0 Å². The second kappa shape index (κ2) is 6.57. The van der Waals surface area contributed by atoms with Crippen molar-refractivity contribution >= 4 is 32.2 Å². The molecule has 1 amide bonds. The first-order chi connectivity index (χ1) is 11.0. The second-order valence-corrected chi connectivity index (χ2v) is 7.40. The minimum Gasteiger partial charge on any atom is -0.343 e. The van der Waals surface area contributed by atoms with Crippen LogP contribution in [-0.4, -0.2) is 34.3 Å². The Balaban J connectivity index is 1.87. The van der Waals surface area contributed by atoms with Crippen LogP contribution >= 0.6 is 15.9 Å². The van der Waals surface area contributed by atoms with E-state index in [9.17, 15) is 4.79 Å². The van der Waals surface area contributed by atoms with Gasteiger partial charge in [-0.1, -0.05) is 13.3 Å². The summed E-state index contributed by atoms with van der Waals surface area (Å²) >= 11 is 3.11. The predicted molar refractivity (Wildman–Crippen MR) is 94.3 cm³/mol. The molecule has 3 rings (SSSR count). The number of nitrogens with one attached hydrogen (secondary N) is 3. The van der Waals surface area contributed by atoms with E-state index in [-0.39, 0.29) is 15.9 Å². The smallest absolute Gasteiger partial charge is 0.286 e. The van der Waals surface area contributed by atoms with Crippen molar-refractivity contribution in [2.45, 2.75) is 39.0 Å². The maximum Gasteiger partial charge on any atom is 0.286 e. The Hall–Kier alpha value is -1.47. The summed E-state index contributed by atoms with van der Waals surface area (Å²) in [5.74, 6) is 0.442. The summed E-state index contributed by atoms with van der Waals surface area (Å²) in [6.45, 7) is 3.71. The van der Waals surface area contributed by atoms with Crippen LogP contribution < -0.4 is 10.7 Å². The van der Waals surface area contributed by atoms with E-state index >= 15 is 0 Å². The number of hydrogen-bond acceptors (Lipinski definition) is 5. The zero-order chi connectivity index (χ0) is 16.4. The van der Waals surface area contributed by atoms with Gasteiger partial charge in [0.2, 0.25) is 0 Å². The molecule has 6 nitrogen and oxygen atoms in total. The van der Waals surface area contributed by atoms with Crippen molar-refractivity contribution in [1.82, 2.24) is 15.8 Å². The number of hydrazine groups is 1. The van der Waals surface area contributed by atoms with Crippen molar-refractivity contribution < 1.29 is 4.79 Å². The van der Waals surface area contributed by atoms with Crippen molar-refractivity contribution in [3.05, 3.63) is 23.7 Å². The van der Waals surface area contributed by atoms with E-state index in [1.54, 1.807) is 11.1 Å². The average Bonchev–Trinajstić information content (AvgIpc) is 3.29. The number of carbonyl (C=O) groups excluding carboxylic acids is 1. The molecule has 0 spiro atoms. The third-order valence-electron chi connectivity index (χ3n) is 4.52. The van der Waals surface area contributed by atoms with Gasteiger partial charge in [0.05, 0.1) is 0 Å². The first kappa shape index (κ1) is 16.4. The Kier molecular flexibility index (Phi) is 4.68. The molecule has 0 unspecified atom stereocenters. The summed E-state index contributed by atoms with van der Waals surface area (Å²) in [5.41, 5.74) is 4.74. The third kappa shape index (κ3) is 3.90. The van der Waals surface area contributed by atoms with Gasteiger partial charge >= 0.3 is 0 Å². The van der Waals surface area contributed by atoms with Crippen molar-refractivity contribution in [1.29, 1.82) is 5.41 Å². The van der Waals surface area contributed by atoms with Crippen LogP contribution in [0.15, 0.2) is 28.7 Å². The highest BCUT2D eigenvalue weighted by Gasteiger charge is 2.43. The van der Waals surface area contributed by atoms with Gasteiger partial charge in [-0.15, -0.1) is 0 Å². The van der Waals surface area contributed by atoms with Crippen molar-refractivity contribution in [2.24, 2.45) is 10.4 Å². The molecule has 1 saturated heterocycles. The lowest BCUT2D eigenvalue weighted by atomic mass is 10.0. The topological polar surface area (TPSA) is 80.6 Å². The Morgan fingerprint density at radius 1 is 1.43 bits per heavy atom. The molecule has 2 heterocycles. The van der Waals surface area contributed by atoms with Crippen LogP contribution in [0.1, 0.15) is 39.0 Å². The van der Waals surface area contributed by atoms with E-state index in [1.165, 1.54) is 0 Å². The molecule has 0 aromatic heterocycles. The summed E-state index contributed by atoms with van der Waals surface area (Å²) in [4.78, 5) is 17.2. The van der Waals surface area contributed by atoms with Crippen molar-refractivity contribution in [3.8, 4) is 0 Å². The molecule has 2 fully saturated rings. The first-order valence-corrected chi connectivity index (χ1v) is 8.86. The number of halogens is 1. The van der Waals surface area contributed by atoms with E-state index in [0.29, 0.717) is 18.1 Å². The maximum absolute atomic E-state index is 12.8. The van der Waals surface area contributed by atoms with Crippen LogP contribution in [0.4, 0.5) is 0 Å². The Labute approximate surface area is 144 Å². The Morgan fingerprint density at radius 3 is 2.91 bits per heavy atom. The van der Waals surface area contributed by atoms with Crippen molar-refractivity contribution in [3.63, 3.8) is 0 Å². The fourth-order valence-electron chi connectivity index (χ4n) is 2.76. The zero-order valence-electron chi connectivity index (χ0n) is 13.3. The van der Waals surface area contributed by atoms with Crippen molar-refractivity contribution in [2.75, 3.05) is 13.1 Å². The summed E-state index contributed by atoms with van der Waals surface area (Å²) in [6.07, 6.45) is 8.90. The number of hydrogen-bond donors (Lipinski definition) is 3. The van der Waals surface area contributed by atoms with Gasteiger partial charge in [-0.05, 0) is 47.7 Å². The molecule has 0 atom stereocenters. The average molecular weight is 380 g/mol. The largest absolute Gasteiger partial charge is 0.343 e. The number of aliphatic imine (C=N–C) groups is 1. The lowest BCUT2D eigenvalue weighted by Gasteiger charge is -2.25. The molecule has 0 radical (unpaired) electrons. The van der Waals surface area contributed by atoms with Gasteiger partial charge in [-0.3, -0.25) is 15.2 Å². The zero-order valence-corrected chi connectivity index (χ0v) is 14.9. The van der Waals surface area contributed by atoms with Gasteiger partial charge in [0.15, 0.2) is 0 Å². The minimum atomic E-state index is -0.0952.